The molecule has 0 unspecified atom stereocenters. The summed E-state index contributed by atoms with van der Waals surface area (Å²) in [6.45, 7) is 0. The largest absolute Gasteiger partial charge is 0.304 e. The highest BCUT2D eigenvalue weighted by atomic mass is 32.2. The van der Waals surface area contributed by atoms with Crippen molar-refractivity contribution < 1.29 is 13.2 Å². The SMILES string of the molecule is Cn1cnc(C(=O)NS(=O)(=O)CCC2CCCC2)n1. The van der Waals surface area contributed by atoms with E-state index >= 15 is 0 Å². The van der Waals surface area contributed by atoms with Crippen LogP contribution in [0, 0.1) is 5.92 Å². The minimum Gasteiger partial charge on any atom is -0.264 e. The quantitative estimate of drug-likeness (QED) is 0.848. The number of rotatable bonds is 5. The van der Waals surface area contributed by atoms with Crippen molar-refractivity contribution in [2.24, 2.45) is 13.0 Å². The van der Waals surface area contributed by atoms with Crippen LogP contribution in [-0.2, 0) is 17.1 Å². The van der Waals surface area contributed by atoms with Crippen LogP contribution in [0.25, 0.3) is 0 Å². The van der Waals surface area contributed by atoms with Crippen LogP contribution in [0.3, 0.4) is 0 Å². The number of aromatic nitrogens is 3. The van der Waals surface area contributed by atoms with E-state index in [0.29, 0.717) is 12.3 Å². The first-order valence-corrected chi connectivity index (χ1v) is 8.02. The molecule has 7 nitrogen and oxygen atoms in total. The van der Waals surface area contributed by atoms with Crippen LogP contribution in [0.4, 0.5) is 0 Å². The highest BCUT2D eigenvalue weighted by molar-refractivity contribution is 7.90. The molecule has 1 heterocycles. The van der Waals surface area contributed by atoms with Gasteiger partial charge in [0.25, 0.3) is 0 Å². The summed E-state index contributed by atoms with van der Waals surface area (Å²) >= 11 is 0. The number of hydrogen-bond donors (Lipinski definition) is 1. The molecular formula is C11H18N4O3S. The summed E-state index contributed by atoms with van der Waals surface area (Å²) in [6.07, 6.45) is 6.48. The molecule has 2 rings (SSSR count). The molecule has 19 heavy (non-hydrogen) atoms. The Hall–Kier alpha value is -1.44. The average molecular weight is 286 g/mol. The van der Waals surface area contributed by atoms with Gasteiger partial charge in [-0.25, -0.2) is 18.1 Å². The summed E-state index contributed by atoms with van der Waals surface area (Å²) in [5, 5.41) is 3.76. The number of carbonyl (C=O) groups is 1. The molecule has 1 aliphatic carbocycles. The Morgan fingerprint density at radius 1 is 1.47 bits per heavy atom. The zero-order chi connectivity index (χ0) is 13.9. The molecule has 0 aliphatic heterocycles. The van der Waals surface area contributed by atoms with Crippen LogP contribution < -0.4 is 4.72 Å². The molecule has 0 radical (unpaired) electrons. The van der Waals surface area contributed by atoms with Gasteiger partial charge in [0.2, 0.25) is 15.8 Å². The predicted molar refractivity (Wildman–Crippen MR) is 68.8 cm³/mol. The fraction of sp³-hybridized carbons (Fsp3) is 0.727. The first-order chi connectivity index (χ1) is 8.96. The molecule has 1 amide bonds. The first kappa shape index (κ1) is 14.0. The smallest absolute Gasteiger partial charge is 0.264 e. The molecule has 1 aromatic heterocycles. The predicted octanol–water partition coefficient (Wildman–Crippen LogP) is 0.455. The molecule has 1 N–H and O–H groups in total. The van der Waals surface area contributed by atoms with Gasteiger partial charge in [-0.2, -0.15) is 0 Å². The summed E-state index contributed by atoms with van der Waals surface area (Å²) < 4.78 is 26.9. The Kier molecular flexibility index (Phi) is 4.18. The Balaban J connectivity index is 1.87. The third-order valence-electron chi connectivity index (χ3n) is 3.32. The van der Waals surface area contributed by atoms with Crippen molar-refractivity contribution in [2.45, 2.75) is 32.1 Å². The van der Waals surface area contributed by atoms with Crippen molar-refractivity contribution in [1.29, 1.82) is 0 Å². The number of amides is 1. The first-order valence-electron chi connectivity index (χ1n) is 6.37. The van der Waals surface area contributed by atoms with E-state index in [9.17, 15) is 13.2 Å². The molecule has 0 spiro atoms. The lowest BCUT2D eigenvalue weighted by Crippen LogP contribution is -2.33. The van der Waals surface area contributed by atoms with Crippen molar-refractivity contribution in [3.63, 3.8) is 0 Å². The second kappa shape index (κ2) is 5.68. The number of nitrogens with one attached hydrogen (secondary N) is 1. The van der Waals surface area contributed by atoms with Gasteiger partial charge in [-0.05, 0) is 12.3 Å². The van der Waals surface area contributed by atoms with Gasteiger partial charge in [0, 0.05) is 7.05 Å². The molecule has 0 saturated heterocycles. The highest BCUT2D eigenvalue weighted by Gasteiger charge is 2.22. The van der Waals surface area contributed by atoms with Gasteiger partial charge in [-0.15, -0.1) is 5.10 Å². The van der Waals surface area contributed by atoms with Gasteiger partial charge in [0.1, 0.15) is 6.33 Å². The highest BCUT2D eigenvalue weighted by Crippen LogP contribution is 2.27. The maximum Gasteiger partial charge on any atom is 0.304 e. The van der Waals surface area contributed by atoms with E-state index < -0.39 is 15.9 Å². The summed E-state index contributed by atoms with van der Waals surface area (Å²) in [7, 11) is -1.99. The van der Waals surface area contributed by atoms with Crippen molar-refractivity contribution in [2.75, 3.05) is 5.75 Å². The zero-order valence-corrected chi connectivity index (χ0v) is 11.7. The topological polar surface area (TPSA) is 94.0 Å². The van der Waals surface area contributed by atoms with Crippen molar-refractivity contribution >= 4 is 15.9 Å². The lowest BCUT2D eigenvalue weighted by molar-refractivity contribution is 0.0971. The van der Waals surface area contributed by atoms with E-state index in [1.165, 1.54) is 23.9 Å². The molecule has 1 saturated carbocycles. The standard InChI is InChI=1S/C11H18N4O3S/c1-15-8-12-10(13-15)11(16)14-19(17,18)7-6-9-4-2-3-5-9/h8-9H,2-7H2,1H3,(H,14,16). The van der Waals surface area contributed by atoms with Gasteiger partial charge < -0.3 is 0 Å². The summed E-state index contributed by atoms with van der Waals surface area (Å²) in [5.74, 6) is -0.449. The van der Waals surface area contributed by atoms with Crippen LogP contribution in [-0.4, -0.2) is 34.8 Å². The Morgan fingerprint density at radius 3 is 2.74 bits per heavy atom. The number of carbonyl (C=O) groups excluding carboxylic acids is 1. The summed E-state index contributed by atoms with van der Waals surface area (Å²) in [4.78, 5) is 15.4. The van der Waals surface area contributed by atoms with Crippen molar-refractivity contribution in [3.05, 3.63) is 12.2 Å². The van der Waals surface area contributed by atoms with E-state index in [2.05, 4.69) is 10.1 Å². The number of nitrogens with zero attached hydrogens (tertiary/aromatic N) is 3. The lowest BCUT2D eigenvalue weighted by Gasteiger charge is -2.09. The molecule has 0 atom stereocenters. The molecule has 1 fully saturated rings. The van der Waals surface area contributed by atoms with Gasteiger partial charge >= 0.3 is 5.91 Å². The molecular weight excluding hydrogens is 268 g/mol. The van der Waals surface area contributed by atoms with E-state index in [1.54, 1.807) is 7.05 Å². The molecule has 8 heteroatoms. The number of aryl methyl sites for hydroxylation is 1. The maximum atomic E-state index is 11.8. The lowest BCUT2D eigenvalue weighted by atomic mass is 10.1. The minimum atomic E-state index is -3.60. The van der Waals surface area contributed by atoms with Crippen LogP contribution in [0.5, 0.6) is 0 Å². The Bertz CT molecular complexity index is 546. The van der Waals surface area contributed by atoms with Crippen LogP contribution >= 0.6 is 0 Å². The van der Waals surface area contributed by atoms with Crippen molar-refractivity contribution in [3.8, 4) is 0 Å². The summed E-state index contributed by atoms with van der Waals surface area (Å²) in [5.41, 5.74) is 0. The zero-order valence-electron chi connectivity index (χ0n) is 10.9. The average Bonchev–Trinajstić information content (AvgIpc) is 2.96. The molecule has 1 aromatic rings. The monoisotopic (exact) mass is 286 g/mol. The second-order valence-corrected chi connectivity index (χ2v) is 6.77. The van der Waals surface area contributed by atoms with E-state index in [4.69, 9.17) is 0 Å². The molecule has 106 valence electrons. The van der Waals surface area contributed by atoms with E-state index in [1.807, 2.05) is 4.72 Å². The van der Waals surface area contributed by atoms with Gasteiger partial charge in [-0.1, -0.05) is 25.7 Å². The molecule has 0 bridgehead atoms. The third kappa shape index (κ3) is 4.02. The Labute approximate surface area is 112 Å². The van der Waals surface area contributed by atoms with E-state index in [-0.39, 0.29) is 11.6 Å². The van der Waals surface area contributed by atoms with Crippen LogP contribution in [0.2, 0.25) is 0 Å². The van der Waals surface area contributed by atoms with E-state index in [0.717, 1.165) is 12.8 Å². The third-order valence-corrected chi connectivity index (χ3v) is 4.59. The fourth-order valence-electron chi connectivity index (χ4n) is 2.30. The second-order valence-electron chi connectivity index (χ2n) is 4.93. The van der Waals surface area contributed by atoms with Crippen LogP contribution in [0.15, 0.2) is 6.33 Å². The molecule has 0 aromatic carbocycles. The number of hydrogen-bond acceptors (Lipinski definition) is 5. The van der Waals surface area contributed by atoms with Gasteiger partial charge in [-0.3, -0.25) is 9.48 Å². The minimum absolute atomic E-state index is 0.0176. The van der Waals surface area contributed by atoms with Gasteiger partial charge in [0.05, 0.1) is 5.75 Å². The maximum absolute atomic E-state index is 11.8. The fourth-order valence-corrected chi connectivity index (χ4v) is 3.42. The summed E-state index contributed by atoms with van der Waals surface area (Å²) in [6, 6.07) is 0. The normalized spacial score (nSPS) is 16.7. The molecule has 1 aliphatic rings. The van der Waals surface area contributed by atoms with Crippen LogP contribution in [0.1, 0.15) is 42.7 Å². The van der Waals surface area contributed by atoms with Crippen molar-refractivity contribution in [1.82, 2.24) is 19.5 Å². The number of sulfonamides is 1. The van der Waals surface area contributed by atoms with Gasteiger partial charge in [0.15, 0.2) is 0 Å². The Morgan fingerprint density at radius 2 is 2.16 bits per heavy atom.